The monoisotopic (exact) mass is 415 g/mol. The van der Waals surface area contributed by atoms with E-state index >= 15 is 0 Å². The maximum Gasteiger partial charge on any atom is 0.328 e. The van der Waals surface area contributed by atoms with Gasteiger partial charge in [-0.2, -0.15) is 0 Å². The zero-order valence-electron chi connectivity index (χ0n) is 17.6. The van der Waals surface area contributed by atoms with Crippen LogP contribution in [0.15, 0.2) is 59.5 Å². The fourth-order valence-electron chi connectivity index (χ4n) is 3.96. The van der Waals surface area contributed by atoms with E-state index in [-0.39, 0.29) is 11.1 Å². The summed E-state index contributed by atoms with van der Waals surface area (Å²) >= 11 is 0. The minimum atomic E-state index is 0.0145. The quantitative estimate of drug-likeness (QED) is 0.477. The van der Waals surface area contributed by atoms with Gasteiger partial charge in [-0.05, 0) is 60.2 Å². The summed E-state index contributed by atoms with van der Waals surface area (Å²) in [6.07, 6.45) is 3.94. The average molecular weight is 415 g/mol. The van der Waals surface area contributed by atoms with Crippen molar-refractivity contribution in [2.24, 2.45) is 12.5 Å². The van der Waals surface area contributed by atoms with Crippen LogP contribution in [0, 0.1) is 5.41 Å². The van der Waals surface area contributed by atoms with Crippen molar-refractivity contribution in [1.82, 2.24) is 14.1 Å². The van der Waals surface area contributed by atoms with Crippen molar-refractivity contribution >= 4 is 22.5 Å². The standard InChI is InChI=1S/C24H25N5O2/c1-24(8-9-24)14-29-20-6-3-15(11-21(20)28(2)23(29)30)18-12-16(4-5-19(18)25)31-17-7-10-27-22(26)13-17/h3-7,10-13H,8-9,14,25H2,1-2H3,(H2,26,27). The first-order chi connectivity index (χ1) is 14.8. The molecule has 2 aromatic carbocycles. The van der Waals surface area contributed by atoms with Crippen molar-refractivity contribution in [3.8, 4) is 22.6 Å². The second kappa shape index (κ2) is 6.91. The number of rotatable bonds is 5. The van der Waals surface area contributed by atoms with E-state index in [9.17, 15) is 4.79 Å². The minimum Gasteiger partial charge on any atom is -0.457 e. The van der Waals surface area contributed by atoms with Gasteiger partial charge in [-0.1, -0.05) is 13.0 Å². The van der Waals surface area contributed by atoms with Crippen LogP contribution in [-0.2, 0) is 13.6 Å². The summed E-state index contributed by atoms with van der Waals surface area (Å²) in [5.41, 5.74) is 16.5. The average Bonchev–Trinajstić information content (AvgIpc) is 3.44. The predicted molar refractivity (Wildman–Crippen MR) is 123 cm³/mol. The van der Waals surface area contributed by atoms with E-state index in [0.717, 1.165) is 28.7 Å². The molecule has 1 aliphatic rings. The number of nitrogens with zero attached hydrogens (tertiary/aromatic N) is 3. The fourth-order valence-corrected chi connectivity index (χ4v) is 3.96. The molecule has 0 unspecified atom stereocenters. The van der Waals surface area contributed by atoms with E-state index in [0.29, 0.717) is 23.0 Å². The first-order valence-corrected chi connectivity index (χ1v) is 10.3. The molecule has 1 saturated carbocycles. The number of nitrogens with two attached hydrogens (primary N) is 2. The maximum absolute atomic E-state index is 12.9. The molecule has 1 fully saturated rings. The summed E-state index contributed by atoms with van der Waals surface area (Å²) in [4.78, 5) is 16.8. The molecular formula is C24H25N5O2. The number of pyridine rings is 1. The Bertz CT molecular complexity index is 1360. The number of hydrogen-bond donors (Lipinski definition) is 2. The third kappa shape index (κ3) is 3.52. The Morgan fingerprint density at radius 2 is 1.81 bits per heavy atom. The summed E-state index contributed by atoms with van der Waals surface area (Å²) in [6, 6.07) is 15.0. The molecule has 0 spiro atoms. The molecule has 0 amide bonds. The lowest BCUT2D eigenvalue weighted by atomic mass is 10.0. The van der Waals surface area contributed by atoms with Crippen LogP contribution in [0.2, 0.25) is 0 Å². The van der Waals surface area contributed by atoms with Crippen molar-refractivity contribution in [3.63, 3.8) is 0 Å². The summed E-state index contributed by atoms with van der Waals surface area (Å²) in [5.74, 6) is 1.64. The number of aromatic nitrogens is 3. The van der Waals surface area contributed by atoms with Crippen molar-refractivity contribution in [2.45, 2.75) is 26.3 Å². The van der Waals surface area contributed by atoms with Crippen LogP contribution in [0.25, 0.3) is 22.2 Å². The highest BCUT2D eigenvalue weighted by Crippen LogP contribution is 2.46. The van der Waals surface area contributed by atoms with Gasteiger partial charge in [-0.15, -0.1) is 0 Å². The fraction of sp³-hybridized carbons (Fsp3) is 0.250. The summed E-state index contributed by atoms with van der Waals surface area (Å²) in [7, 11) is 1.82. The number of aryl methyl sites for hydroxylation is 1. The molecule has 7 nitrogen and oxygen atoms in total. The number of nitrogen functional groups attached to an aromatic ring is 2. The molecule has 4 N–H and O–H groups in total. The Morgan fingerprint density at radius 3 is 2.55 bits per heavy atom. The van der Waals surface area contributed by atoms with Crippen LogP contribution in [0.1, 0.15) is 19.8 Å². The SMILES string of the molecule is Cn1c(=O)n(CC2(C)CC2)c2ccc(-c3cc(Oc4ccnc(N)c4)ccc3N)cc21. The van der Waals surface area contributed by atoms with E-state index in [2.05, 4.69) is 11.9 Å². The number of ether oxygens (including phenoxy) is 1. The molecule has 2 heterocycles. The molecule has 0 radical (unpaired) electrons. The highest BCUT2D eigenvalue weighted by molar-refractivity contribution is 5.86. The molecule has 1 aliphatic carbocycles. The van der Waals surface area contributed by atoms with Gasteiger partial charge < -0.3 is 16.2 Å². The summed E-state index contributed by atoms with van der Waals surface area (Å²) in [5, 5.41) is 0. The van der Waals surface area contributed by atoms with Crippen molar-refractivity contribution < 1.29 is 4.74 Å². The van der Waals surface area contributed by atoms with Crippen LogP contribution in [0.5, 0.6) is 11.5 Å². The van der Waals surface area contributed by atoms with Gasteiger partial charge in [-0.3, -0.25) is 9.13 Å². The molecule has 5 rings (SSSR count). The second-order valence-corrected chi connectivity index (χ2v) is 8.71. The number of benzene rings is 2. The molecule has 7 heteroatoms. The Kier molecular flexibility index (Phi) is 4.28. The number of anilines is 2. The zero-order valence-corrected chi connectivity index (χ0v) is 17.6. The number of hydrogen-bond acceptors (Lipinski definition) is 5. The van der Waals surface area contributed by atoms with Gasteiger partial charge >= 0.3 is 5.69 Å². The van der Waals surface area contributed by atoms with Crippen molar-refractivity contribution in [2.75, 3.05) is 11.5 Å². The van der Waals surface area contributed by atoms with Gasteiger partial charge in [0.15, 0.2) is 0 Å². The molecular weight excluding hydrogens is 390 g/mol. The Hall–Kier alpha value is -3.74. The van der Waals surface area contributed by atoms with Gasteiger partial charge in [0, 0.05) is 37.1 Å². The molecule has 0 atom stereocenters. The van der Waals surface area contributed by atoms with Gasteiger partial charge in [0.25, 0.3) is 0 Å². The van der Waals surface area contributed by atoms with E-state index in [1.165, 1.54) is 12.8 Å². The molecule has 0 bridgehead atoms. The topological polar surface area (TPSA) is 101 Å². The largest absolute Gasteiger partial charge is 0.457 e. The molecule has 0 aliphatic heterocycles. The smallest absolute Gasteiger partial charge is 0.328 e. The molecule has 158 valence electrons. The second-order valence-electron chi connectivity index (χ2n) is 8.71. The Balaban J connectivity index is 1.54. The lowest BCUT2D eigenvalue weighted by molar-refractivity contribution is 0.460. The van der Waals surface area contributed by atoms with Gasteiger partial charge in [0.1, 0.15) is 17.3 Å². The molecule has 0 saturated heterocycles. The molecule has 2 aromatic heterocycles. The normalized spacial score (nSPS) is 14.6. The number of fused-ring (bicyclic) bond motifs is 1. The minimum absolute atomic E-state index is 0.0145. The molecule has 4 aromatic rings. The predicted octanol–water partition coefficient (Wildman–Crippen LogP) is 4.16. The number of imidazole rings is 1. The van der Waals surface area contributed by atoms with E-state index in [1.54, 1.807) is 22.9 Å². The zero-order chi connectivity index (χ0) is 21.8. The van der Waals surface area contributed by atoms with Crippen LogP contribution in [0.4, 0.5) is 11.5 Å². The van der Waals surface area contributed by atoms with E-state index in [4.69, 9.17) is 16.2 Å². The lowest BCUT2D eigenvalue weighted by Crippen LogP contribution is -2.25. The van der Waals surface area contributed by atoms with Gasteiger partial charge in [0.05, 0.1) is 11.0 Å². The Labute approximate surface area is 179 Å². The van der Waals surface area contributed by atoms with Crippen LogP contribution in [-0.4, -0.2) is 14.1 Å². The first kappa shape index (κ1) is 19.2. The Morgan fingerprint density at radius 1 is 1.03 bits per heavy atom. The molecule has 31 heavy (non-hydrogen) atoms. The highest BCUT2D eigenvalue weighted by atomic mass is 16.5. The van der Waals surface area contributed by atoms with Crippen molar-refractivity contribution in [1.29, 1.82) is 0 Å². The van der Waals surface area contributed by atoms with E-state index in [1.807, 2.05) is 48.0 Å². The van der Waals surface area contributed by atoms with Gasteiger partial charge in [-0.25, -0.2) is 9.78 Å². The van der Waals surface area contributed by atoms with Gasteiger partial charge in [0.2, 0.25) is 0 Å². The summed E-state index contributed by atoms with van der Waals surface area (Å²) in [6.45, 7) is 2.98. The maximum atomic E-state index is 12.9. The third-order valence-electron chi connectivity index (χ3n) is 6.11. The van der Waals surface area contributed by atoms with E-state index < -0.39 is 0 Å². The van der Waals surface area contributed by atoms with Crippen LogP contribution >= 0.6 is 0 Å². The highest BCUT2D eigenvalue weighted by Gasteiger charge is 2.38. The van der Waals surface area contributed by atoms with Crippen LogP contribution in [0.3, 0.4) is 0 Å². The van der Waals surface area contributed by atoms with Crippen molar-refractivity contribution in [3.05, 3.63) is 65.2 Å². The lowest BCUT2D eigenvalue weighted by Gasteiger charge is -2.12. The summed E-state index contributed by atoms with van der Waals surface area (Å²) < 4.78 is 9.54. The third-order valence-corrected chi connectivity index (χ3v) is 6.11. The van der Waals surface area contributed by atoms with Crippen LogP contribution < -0.4 is 21.9 Å². The first-order valence-electron chi connectivity index (χ1n) is 10.3.